The Hall–Kier alpha value is -2.32. The highest BCUT2D eigenvalue weighted by Gasteiger charge is 2.19. The third-order valence-corrected chi connectivity index (χ3v) is 6.22. The second-order valence-corrected chi connectivity index (χ2v) is 7.94. The van der Waals surface area contributed by atoms with Crippen LogP contribution in [0.1, 0.15) is 24.8 Å². The number of amides is 1. The highest BCUT2D eigenvalue weighted by molar-refractivity contribution is 7.99. The number of hydrogen-bond donors (Lipinski definition) is 1. The molecule has 0 aliphatic rings. The molecule has 1 amide bonds. The Kier molecular flexibility index (Phi) is 6.52. The molecule has 3 rings (SSSR count). The van der Waals surface area contributed by atoms with Crippen LogP contribution in [0.25, 0.3) is 10.6 Å². The number of ether oxygens (including phenoxy) is 1. The van der Waals surface area contributed by atoms with Crippen LogP contribution in [0, 0.1) is 6.92 Å². The first-order chi connectivity index (χ1) is 13.1. The van der Waals surface area contributed by atoms with E-state index in [2.05, 4.69) is 15.5 Å². The molecule has 0 radical (unpaired) electrons. The number of thiazole rings is 1. The minimum atomic E-state index is -0.173. The fraction of sp³-hybridized carbons (Fsp3) is 0.316. The predicted octanol–water partition coefficient (Wildman–Crippen LogP) is 4.77. The summed E-state index contributed by atoms with van der Waals surface area (Å²) in [5, 5.41) is 9.43. The Morgan fingerprint density at radius 3 is 2.78 bits per heavy atom. The molecule has 27 heavy (non-hydrogen) atoms. The summed E-state index contributed by atoms with van der Waals surface area (Å²) in [7, 11) is 1.65. The number of carbonyl (C=O) groups excluding carboxylic acids is 1. The standard InChI is InChI=1S/C19H21N3O3S2/c1-4-16(18(23)21-17-9-12(2)25-22-17)26-10-14-11-27-19(20-14)13-5-7-15(24-3)8-6-13/h5-9,11,16H,4,10H2,1-3H3,(H,21,22,23). The van der Waals surface area contributed by atoms with Gasteiger partial charge in [0.2, 0.25) is 5.91 Å². The van der Waals surface area contributed by atoms with Crippen molar-refractivity contribution in [1.29, 1.82) is 0 Å². The van der Waals surface area contributed by atoms with Gasteiger partial charge in [0.1, 0.15) is 16.5 Å². The second kappa shape index (κ2) is 9.05. The van der Waals surface area contributed by atoms with E-state index >= 15 is 0 Å². The van der Waals surface area contributed by atoms with Gasteiger partial charge in [-0.15, -0.1) is 23.1 Å². The molecule has 2 aromatic heterocycles. The van der Waals surface area contributed by atoms with E-state index in [0.717, 1.165) is 28.4 Å². The van der Waals surface area contributed by atoms with Crippen molar-refractivity contribution in [3.8, 4) is 16.3 Å². The average molecular weight is 404 g/mol. The molecule has 1 aromatic carbocycles. The first-order valence-corrected chi connectivity index (χ1v) is 10.5. The van der Waals surface area contributed by atoms with Crippen molar-refractivity contribution in [2.45, 2.75) is 31.3 Å². The number of methoxy groups -OCH3 is 1. The van der Waals surface area contributed by atoms with Gasteiger partial charge < -0.3 is 14.6 Å². The van der Waals surface area contributed by atoms with Gasteiger partial charge in [0.15, 0.2) is 5.82 Å². The first kappa shape index (κ1) is 19.4. The topological polar surface area (TPSA) is 77.2 Å². The highest BCUT2D eigenvalue weighted by Crippen LogP contribution is 2.28. The van der Waals surface area contributed by atoms with Crippen LogP contribution >= 0.6 is 23.1 Å². The molecule has 3 aromatic rings. The van der Waals surface area contributed by atoms with Gasteiger partial charge in [-0.25, -0.2) is 4.98 Å². The number of rotatable bonds is 8. The molecule has 0 spiro atoms. The maximum Gasteiger partial charge on any atom is 0.238 e. The molecule has 8 heteroatoms. The summed E-state index contributed by atoms with van der Waals surface area (Å²) >= 11 is 3.18. The van der Waals surface area contributed by atoms with Crippen LogP contribution in [0.2, 0.25) is 0 Å². The van der Waals surface area contributed by atoms with Crippen molar-refractivity contribution in [1.82, 2.24) is 10.1 Å². The molecular weight excluding hydrogens is 382 g/mol. The smallest absolute Gasteiger partial charge is 0.238 e. The minimum absolute atomic E-state index is 0.0681. The van der Waals surface area contributed by atoms with E-state index in [1.54, 1.807) is 43.2 Å². The maximum absolute atomic E-state index is 12.4. The second-order valence-electron chi connectivity index (χ2n) is 5.89. The summed E-state index contributed by atoms with van der Waals surface area (Å²) in [5.41, 5.74) is 2.03. The molecule has 0 bridgehead atoms. The van der Waals surface area contributed by atoms with E-state index < -0.39 is 0 Å². The van der Waals surface area contributed by atoms with E-state index in [0.29, 0.717) is 17.3 Å². The van der Waals surface area contributed by atoms with E-state index in [4.69, 9.17) is 9.26 Å². The third-order valence-electron chi connectivity index (χ3n) is 3.86. The summed E-state index contributed by atoms with van der Waals surface area (Å²) < 4.78 is 10.2. The van der Waals surface area contributed by atoms with Crippen molar-refractivity contribution in [3.05, 3.63) is 47.2 Å². The van der Waals surface area contributed by atoms with Gasteiger partial charge in [-0.1, -0.05) is 12.1 Å². The molecule has 6 nitrogen and oxygen atoms in total. The molecule has 1 atom stereocenters. The van der Waals surface area contributed by atoms with Gasteiger partial charge in [-0.05, 0) is 37.6 Å². The number of anilines is 1. The Bertz CT molecular complexity index is 890. The van der Waals surface area contributed by atoms with Gasteiger partial charge in [0.25, 0.3) is 0 Å². The van der Waals surface area contributed by atoms with Gasteiger partial charge in [0.05, 0.1) is 18.1 Å². The third kappa shape index (κ3) is 5.11. The predicted molar refractivity (Wildman–Crippen MR) is 109 cm³/mol. The lowest BCUT2D eigenvalue weighted by Crippen LogP contribution is -2.24. The number of nitrogens with zero attached hydrogens (tertiary/aromatic N) is 2. The number of hydrogen-bond acceptors (Lipinski definition) is 7. The van der Waals surface area contributed by atoms with Crippen LogP contribution in [-0.2, 0) is 10.5 Å². The van der Waals surface area contributed by atoms with Crippen LogP contribution < -0.4 is 10.1 Å². The van der Waals surface area contributed by atoms with E-state index in [9.17, 15) is 4.79 Å². The fourth-order valence-electron chi connectivity index (χ4n) is 2.44. The lowest BCUT2D eigenvalue weighted by Gasteiger charge is -2.12. The van der Waals surface area contributed by atoms with Crippen molar-refractivity contribution in [2.75, 3.05) is 12.4 Å². The molecule has 0 fully saturated rings. The lowest BCUT2D eigenvalue weighted by atomic mass is 10.2. The Labute approximate surface area is 166 Å². The zero-order valence-corrected chi connectivity index (χ0v) is 17.0. The number of nitrogens with one attached hydrogen (secondary N) is 1. The lowest BCUT2D eigenvalue weighted by molar-refractivity contribution is -0.115. The number of aromatic nitrogens is 2. The number of thioether (sulfide) groups is 1. The molecule has 1 N–H and O–H groups in total. The van der Waals surface area contributed by atoms with Crippen molar-refractivity contribution in [3.63, 3.8) is 0 Å². The zero-order valence-electron chi connectivity index (χ0n) is 15.4. The monoisotopic (exact) mass is 403 g/mol. The van der Waals surface area contributed by atoms with Crippen LogP contribution in [0.15, 0.2) is 40.2 Å². The van der Waals surface area contributed by atoms with E-state index in [-0.39, 0.29) is 11.2 Å². The summed E-state index contributed by atoms with van der Waals surface area (Å²) in [6, 6.07) is 9.55. The normalized spacial score (nSPS) is 12.0. The molecular formula is C19H21N3O3S2. The van der Waals surface area contributed by atoms with Crippen molar-refractivity contribution < 1.29 is 14.1 Å². The van der Waals surface area contributed by atoms with Crippen LogP contribution in [-0.4, -0.2) is 28.4 Å². The van der Waals surface area contributed by atoms with E-state index in [1.165, 1.54) is 0 Å². The van der Waals surface area contributed by atoms with E-state index in [1.807, 2.05) is 36.6 Å². The maximum atomic E-state index is 12.4. The first-order valence-electron chi connectivity index (χ1n) is 8.53. The summed E-state index contributed by atoms with van der Waals surface area (Å²) in [6.45, 7) is 3.78. The molecule has 1 unspecified atom stereocenters. The fourth-order valence-corrected chi connectivity index (χ4v) is 4.33. The largest absolute Gasteiger partial charge is 0.497 e. The zero-order chi connectivity index (χ0) is 19.2. The van der Waals surface area contributed by atoms with Crippen LogP contribution in [0.3, 0.4) is 0 Å². The average Bonchev–Trinajstić information content (AvgIpc) is 3.31. The number of aryl methyl sites for hydroxylation is 1. The molecule has 0 aliphatic heterocycles. The van der Waals surface area contributed by atoms with Gasteiger partial charge in [-0.2, -0.15) is 0 Å². The summed E-state index contributed by atoms with van der Waals surface area (Å²) in [5.74, 6) is 2.55. The molecule has 0 aliphatic carbocycles. The van der Waals surface area contributed by atoms with Crippen LogP contribution in [0.5, 0.6) is 5.75 Å². The highest BCUT2D eigenvalue weighted by atomic mass is 32.2. The Morgan fingerprint density at radius 1 is 1.37 bits per heavy atom. The summed E-state index contributed by atoms with van der Waals surface area (Å²) in [4.78, 5) is 17.1. The Morgan fingerprint density at radius 2 is 2.15 bits per heavy atom. The van der Waals surface area contributed by atoms with Gasteiger partial charge in [0, 0.05) is 22.8 Å². The molecule has 0 saturated carbocycles. The molecule has 0 saturated heterocycles. The molecule has 142 valence electrons. The number of benzene rings is 1. The quantitative estimate of drug-likeness (QED) is 0.584. The van der Waals surface area contributed by atoms with Gasteiger partial charge >= 0.3 is 0 Å². The van der Waals surface area contributed by atoms with Crippen molar-refractivity contribution >= 4 is 34.8 Å². The Balaban J connectivity index is 1.58. The van der Waals surface area contributed by atoms with Crippen LogP contribution in [0.4, 0.5) is 5.82 Å². The van der Waals surface area contributed by atoms with Crippen molar-refractivity contribution in [2.24, 2.45) is 0 Å². The molecule has 2 heterocycles. The summed E-state index contributed by atoms with van der Waals surface area (Å²) in [6.07, 6.45) is 0.725. The van der Waals surface area contributed by atoms with Gasteiger partial charge in [-0.3, -0.25) is 4.79 Å². The SMILES string of the molecule is CCC(SCc1csc(-c2ccc(OC)cc2)n1)C(=O)Nc1cc(C)on1. The number of carbonyl (C=O) groups is 1. The minimum Gasteiger partial charge on any atom is -0.497 e.